The lowest BCUT2D eigenvalue weighted by Crippen LogP contribution is -2.05. The summed E-state index contributed by atoms with van der Waals surface area (Å²) in [6.45, 7) is -0.0311. The van der Waals surface area contributed by atoms with Crippen LogP contribution in [0.3, 0.4) is 0 Å². The van der Waals surface area contributed by atoms with Crippen molar-refractivity contribution in [3.63, 3.8) is 0 Å². The number of nitrogens with one attached hydrogen (secondary N) is 1. The monoisotopic (exact) mass is 492 g/mol. The van der Waals surface area contributed by atoms with Gasteiger partial charge in [-0.3, -0.25) is 4.98 Å². The average Bonchev–Trinajstić information content (AvgIpc) is 2.82. The minimum Gasteiger partial charge on any atom is -0.493 e. The molecule has 1 N–H and O–H groups in total. The first kappa shape index (κ1) is 24.2. The van der Waals surface area contributed by atoms with Crippen LogP contribution >= 0.6 is 0 Å². The molecular formula is C25H18F6N2O2. The topological polar surface area (TPSA) is 43.4 Å². The second-order valence-electron chi connectivity index (χ2n) is 7.57. The van der Waals surface area contributed by atoms with Gasteiger partial charge >= 0.3 is 12.4 Å². The van der Waals surface area contributed by atoms with Crippen molar-refractivity contribution in [3.05, 3.63) is 89.6 Å². The van der Waals surface area contributed by atoms with Crippen molar-refractivity contribution in [2.45, 2.75) is 19.0 Å². The zero-order valence-electron chi connectivity index (χ0n) is 18.2. The van der Waals surface area contributed by atoms with Gasteiger partial charge in [-0.15, -0.1) is 0 Å². The molecule has 4 aromatic rings. The lowest BCUT2D eigenvalue weighted by atomic mass is 10.1. The van der Waals surface area contributed by atoms with E-state index >= 15 is 0 Å². The minimum absolute atomic E-state index is 0.0311. The Labute approximate surface area is 196 Å². The third kappa shape index (κ3) is 5.59. The van der Waals surface area contributed by atoms with E-state index in [9.17, 15) is 26.3 Å². The first-order valence-corrected chi connectivity index (χ1v) is 10.2. The number of aromatic nitrogens is 1. The highest BCUT2D eigenvalue weighted by molar-refractivity contribution is 5.95. The maximum Gasteiger partial charge on any atom is 0.416 e. The average molecular weight is 492 g/mol. The quantitative estimate of drug-likeness (QED) is 0.282. The van der Waals surface area contributed by atoms with Gasteiger partial charge in [-0.1, -0.05) is 18.2 Å². The molecule has 0 aliphatic heterocycles. The van der Waals surface area contributed by atoms with Crippen molar-refractivity contribution < 1.29 is 35.8 Å². The number of anilines is 2. The first-order chi connectivity index (χ1) is 16.5. The molecule has 0 aliphatic rings. The number of nitrogens with zero attached hydrogens (tertiary/aromatic N) is 1. The molecular weight excluding hydrogens is 474 g/mol. The van der Waals surface area contributed by atoms with E-state index in [0.717, 1.165) is 24.3 Å². The highest BCUT2D eigenvalue weighted by Crippen LogP contribution is 2.37. The summed E-state index contributed by atoms with van der Waals surface area (Å²) in [6, 6.07) is 14.2. The van der Waals surface area contributed by atoms with Crippen molar-refractivity contribution in [2.24, 2.45) is 0 Å². The summed E-state index contributed by atoms with van der Waals surface area (Å²) < 4.78 is 88.7. The third-order valence-electron chi connectivity index (χ3n) is 5.17. The molecule has 0 saturated carbocycles. The Balaban J connectivity index is 1.62. The van der Waals surface area contributed by atoms with Gasteiger partial charge in [0.2, 0.25) is 0 Å². The molecule has 0 fully saturated rings. The number of benzene rings is 3. The maximum atomic E-state index is 13.1. The molecule has 1 heterocycles. The summed E-state index contributed by atoms with van der Waals surface area (Å²) in [5.74, 6) is 0.633. The zero-order chi connectivity index (χ0) is 25.2. The molecule has 4 nitrogen and oxygen atoms in total. The van der Waals surface area contributed by atoms with Crippen molar-refractivity contribution in [1.29, 1.82) is 0 Å². The Morgan fingerprint density at radius 2 is 1.51 bits per heavy atom. The molecule has 0 spiro atoms. The van der Waals surface area contributed by atoms with Gasteiger partial charge in [0, 0.05) is 29.0 Å². The van der Waals surface area contributed by atoms with Crippen LogP contribution in [-0.4, -0.2) is 12.1 Å². The lowest BCUT2D eigenvalue weighted by molar-refractivity contribution is -0.138. The number of hydrogen-bond donors (Lipinski definition) is 1. The molecule has 0 unspecified atom stereocenters. The number of ether oxygens (including phenoxy) is 2. The number of methoxy groups -OCH3 is 1. The largest absolute Gasteiger partial charge is 0.493 e. The maximum absolute atomic E-state index is 13.1. The van der Waals surface area contributed by atoms with Crippen LogP contribution < -0.4 is 14.8 Å². The summed E-state index contributed by atoms with van der Waals surface area (Å²) in [7, 11) is 1.43. The van der Waals surface area contributed by atoms with Crippen molar-refractivity contribution >= 4 is 22.3 Å². The third-order valence-corrected chi connectivity index (χ3v) is 5.17. The summed E-state index contributed by atoms with van der Waals surface area (Å²) in [5, 5.41) is 3.52. The van der Waals surface area contributed by atoms with Gasteiger partial charge in [-0.25, -0.2) is 0 Å². The van der Waals surface area contributed by atoms with E-state index in [1.165, 1.54) is 37.6 Å². The number of halogens is 6. The fraction of sp³-hybridized carbons (Fsp3) is 0.160. The Bertz CT molecular complexity index is 1330. The van der Waals surface area contributed by atoms with Crippen LogP contribution in [0.1, 0.15) is 16.7 Å². The van der Waals surface area contributed by atoms with Gasteiger partial charge in [0.25, 0.3) is 0 Å². The van der Waals surface area contributed by atoms with Gasteiger partial charge in [-0.05, 0) is 48.0 Å². The second-order valence-corrected chi connectivity index (χ2v) is 7.57. The van der Waals surface area contributed by atoms with Crippen LogP contribution in [0.15, 0.2) is 72.9 Å². The predicted octanol–water partition coefficient (Wildman–Crippen LogP) is 7.60. The van der Waals surface area contributed by atoms with Crippen LogP contribution in [0.5, 0.6) is 11.5 Å². The number of hydrogen-bond acceptors (Lipinski definition) is 4. The van der Waals surface area contributed by atoms with Crippen LogP contribution in [0.25, 0.3) is 10.9 Å². The molecule has 3 aromatic carbocycles. The first-order valence-electron chi connectivity index (χ1n) is 10.2. The summed E-state index contributed by atoms with van der Waals surface area (Å²) in [5.41, 5.74) is 0.171. The fourth-order valence-electron chi connectivity index (χ4n) is 3.41. The van der Waals surface area contributed by atoms with Gasteiger partial charge < -0.3 is 14.8 Å². The Morgan fingerprint density at radius 1 is 0.800 bits per heavy atom. The smallest absolute Gasteiger partial charge is 0.416 e. The summed E-state index contributed by atoms with van der Waals surface area (Å²) in [6.07, 6.45) is -7.41. The molecule has 10 heteroatoms. The van der Waals surface area contributed by atoms with Crippen molar-refractivity contribution in [2.75, 3.05) is 12.4 Å². The van der Waals surface area contributed by atoms with E-state index in [1.54, 1.807) is 18.2 Å². The Morgan fingerprint density at radius 3 is 2.17 bits per heavy atom. The van der Waals surface area contributed by atoms with Crippen molar-refractivity contribution in [1.82, 2.24) is 4.98 Å². The Kier molecular flexibility index (Phi) is 6.47. The molecule has 182 valence electrons. The number of pyridine rings is 1. The normalized spacial score (nSPS) is 12.0. The van der Waals surface area contributed by atoms with Gasteiger partial charge in [0.05, 0.1) is 23.8 Å². The van der Waals surface area contributed by atoms with Gasteiger partial charge in [0.15, 0.2) is 11.5 Å². The SMILES string of the molecule is COc1cc2nccc(Nc3cccc(C(F)(F)F)c3)c2cc1OCc1ccc(C(F)(F)F)cc1. The minimum atomic E-state index is -4.48. The fourth-order valence-corrected chi connectivity index (χ4v) is 3.41. The van der Waals surface area contributed by atoms with Crippen LogP contribution in [0, 0.1) is 0 Å². The van der Waals surface area contributed by atoms with E-state index in [4.69, 9.17) is 9.47 Å². The van der Waals surface area contributed by atoms with Crippen molar-refractivity contribution in [3.8, 4) is 11.5 Å². The van der Waals surface area contributed by atoms with E-state index < -0.39 is 23.5 Å². The molecule has 4 rings (SSSR count). The van der Waals surface area contributed by atoms with E-state index in [0.29, 0.717) is 33.7 Å². The second kappa shape index (κ2) is 9.36. The number of alkyl halides is 6. The molecule has 35 heavy (non-hydrogen) atoms. The standard InChI is InChI=1S/C25H18F6N2O2/c1-34-22-13-21-19(12-23(22)35-14-15-5-7-16(8-6-15)24(26,27)28)20(9-10-32-21)33-18-4-2-3-17(11-18)25(29,30)31/h2-13H,14H2,1H3,(H,32,33). The number of rotatable bonds is 6. The Hall–Kier alpha value is -3.95. The van der Waals surface area contributed by atoms with Crippen LogP contribution in [-0.2, 0) is 19.0 Å². The van der Waals surface area contributed by atoms with E-state index in [1.807, 2.05) is 0 Å². The van der Waals surface area contributed by atoms with Gasteiger partial charge in [-0.2, -0.15) is 26.3 Å². The predicted molar refractivity (Wildman–Crippen MR) is 119 cm³/mol. The summed E-state index contributed by atoms with van der Waals surface area (Å²) in [4.78, 5) is 4.28. The molecule has 0 radical (unpaired) electrons. The highest BCUT2D eigenvalue weighted by Gasteiger charge is 2.31. The molecule has 0 bridgehead atoms. The lowest BCUT2D eigenvalue weighted by Gasteiger charge is -2.15. The van der Waals surface area contributed by atoms with Crippen LogP contribution in [0.4, 0.5) is 37.7 Å². The molecule has 0 saturated heterocycles. The highest BCUT2D eigenvalue weighted by atomic mass is 19.4. The molecule has 0 atom stereocenters. The van der Waals surface area contributed by atoms with E-state index in [2.05, 4.69) is 10.3 Å². The number of fused-ring (bicyclic) bond motifs is 1. The van der Waals surface area contributed by atoms with Gasteiger partial charge in [0.1, 0.15) is 6.61 Å². The van der Waals surface area contributed by atoms with E-state index in [-0.39, 0.29) is 12.3 Å². The summed E-state index contributed by atoms with van der Waals surface area (Å²) >= 11 is 0. The molecule has 0 amide bonds. The zero-order valence-corrected chi connectivity index (χ0v) is 18.2. The molecule has 1 aromatic heterocycles. The van der Waals surface area contributed by atoms with Crippen LogP contribution in [0.2, 0.25) is 0 Å². The molecule has 0 aliphatic carbocycles.